The number of nitrogens with zero attached hydrogens (tertiary/aromatic N) is 2. The van der Waals surface area contributed by atoms with Crippen molar-refractivity contribution in [3.05, 3.63) is 41.3 Å². The van der Waals surface area contributed by atoms with Gasteiger partial charge in [0.15, 0.2) is 11.5 Å². The largest absolute Gasteiger partial charge is 0.504 e. The van der Waals surface area contributed by atoms with Gasteiger partial charge in [-0.05, 0) is 50.4 Å². The van der Waals surface area contributed by atoms with Crippen LogP contribution in [0.15, 0.2) is 28.8 Å². The molecule has 1 fully saturated rings. The first-order valence-electron chi connectivity index (χ1n) is 8.85. The maximum absolute atomic E-state index is 9.85. The van der Waals surface area contributed by atoms with Crippen molar-refractivity contribution in [2.24, 2.45) is 0 Å². The van der Waals surface area contributed by atoms with Gasteiger partial charge in [-0.2, -0.15) is 0 Å². The topological polar surface area (TPSA) is 58.7 Å². The fraction of sp³-hybridized carbons (Fsp3) is 0.526. The van der Waals surface area contributed by atoms with Gasteiger partial charge in [0.05, 0.1) is 12.6 Å². The Hall–Kier alpha value is -2.01. The molecular formula is C19H26N2O3. The number of aromatic hydroxyl groups is 1. The maximum Gasteiger partial charge on any atom is 0.161 e. The summed E-state index contributed by atoms with van der Waals surface area (Å²) >= 11 is 0. The number of rotatable bonds is 7. The summed E-state index contributed by atoms with van der Waals surface area (Å²) in [4.78, 5) is 2.43. The van der Waals surface area contributed by atoms with E-state index in [9.17, 15) is 5.11 Å². The van der Waals surface area contributed by atoms with E-state index in [0.29, 0.717) is 18.4 Å². The van der Waals surface area contributed by atoms with Crippen LogP contribution >= 0.6 is 0 Å². The van der Waals surface area contributed by atoms with E-state index in [-0.39, 0.29) is 5.75 Å². The van der Waals surface area contributed by atoms with E-state index in [1.165, 1.54) is 0 Å². The van der Waals surface area contributed by atoms with E-state index in [1.807, 2.05) is 19.1 Å². The van der Waals surface area contributed by atoms with Gasteiger partial charge in [0.25, 0.3) is 0 Å². The highest BCUT2D eigenvalue weighted by molar-refractivity contribution is 5.41. The zero-order valence-electron chi connectivity index (χ0n) is 14.5. The fourth-order valence-corrected chi connectivity index (χ4v) is 3.36. The second-order valence-electron chi connectivity index (χ2n) is 6.33. The first-order chi connectivity index (χ1) is 11.7. The van der Waals surface area contributed by atoms with Crippen LogP contribution in [-0.2, 0) is 13.0 Å². The van der Waals surface area contributed by atoms with Crippen molar-refractivity contribution in [1.29, 1.82) is 0 Å². The molecule has 0 saturated carbocycles. The molecule has 2 heterocycles. The van der Waals surface area contributed by atoms with E-state index in [4.69, 9.17) is 9.26 Å². The van der Waals surface area contributed by atoms with Gasteiger partial charge in [0.2, 0.25) is 0 Å². The number of phenols is 1. The van der Waals surface area contributed by atoms with E-state index >= 15 is 0 Å². The summed E-state index contributed by atoms with van der Waals surface area (Å²) in [6.45, 7) is 6.47. The van der Waals surface area contributed by atoms with Crippen molar-refractivity contribution < 1.29 is 14.4 Å². The van der Waals surface area contributed by atoms with Gasteiger partial charge in [-0.25, -0.2) is 0 Å². The maximum atomic E-state index is 9.85. The molecule has 24 heavy (non-hydrogen) atoms. The minimum Gasteiger partial charge on any atom is -0.504 e. The zero-order chi connectivity index (χ0) is 16.9. The lowest BCUT2D eigenvalue weighted by Crippen LogP contribution is -2.23. The highest BCUT2D eigenvalue weighted by atomic mass is 16.5. The molecule has 0 unspecified atom stereocenters. The lowest BCUT2D eigenvalue weighted by molar-refractivity contribution is 0.235. The van der Waals surface area contributed by atoms with Gasteiger partial charge >= 0.3 is 0 Å². The van der Waals surface area contributed by atoms with Gasteiger partial charge < -0.3 is 14.4 Å². The summed E-state index contributed by atoms with van der Waals surface area (Å²) in [6.07, 6.45) is 4.28. The SMILES string of the molecule is CCCc1cc([C@H]2CCCN2Cc2ccc(O)c(OCC)c2)no1. The Bertz CT molecular complexity index is 668. The Labute approximate surface area is 143 Å². The number of aromatic nitrogens is 1. The van der Waals surface area contributed by atoms with Gasteiger partial charge in [0.1, 0.15) is 11.5 Å². The second-order valence-corrected chi connectivity index (χ2v) is 6.33. The van der Waals surface area contributed by atoms with Crippen LogP contribution in [0.5, 0.6) is 11.5 Å². The molecule has 5 heteroatoms. The first kappa shape index (κ1) is 16.8. The molecule has 2 aromatic rings. The Morgan fingerprint density at radius 2 is 2.21 bits per heavy atom. The van der Waals surface area contributed by atoms with Crippen molar-refractivity contribution in [1.82, 2.24) is 10.1 Å². The number of benzene rings is 1. The Morgan fingerprint density at radius 3 is 3.00 bits per heavy atom. The fourth-order valence-electron chi connectivity index (χ4n) is 3.36. The second kappa shape index (κ2) is 7.71. The third-order valence-corrected chi connectivity index (χ3v) is 4.49. The quantitative estimate of drug-likeness (QED) is 0.829. The highest BCUT2D eigenvalue weighted by Gasteiger charge is 2.28. The molecule has 130 valence electrons. The molecule has 5 nitrogen and oxygen atoms in total. The van der Waals surface area contributed by atoms with Crippen molar-refractivity contribution in [2.75, 3.05) is 13.2 Å². The number of ether oxygens (including phenoxy) is 1. The van der Waals surface area contributed by atoms with Gasteiger partial charge in [-0.1, -0.05) is 18.1 Å². The third-order valence-electron chi connectivity index (χ3n) is 4.49. The number of hydrogen-bond acceptors (Lipinski definition) is 5. The predicted molar refractivity (Wildman–Crippen MR) is 92.2 cm³/mol. The van der Waals surface area contributed by atoms with Crippen molar-refractivity contribution in [3.63, 3.8) is 0 Å². The third kappa shape index (κ3) is 3.73. The van der Waals surface area contributed by atoms with Crippen LogP contribution in [0, 0.1) is 0 Å². The van der Waals surface area contributed by atoms with Crippen molar-refractivity contribution in [3.8, 4) is 11.5 Å². The lowest BCUT2D eigenvalue weighted by atomic mass is 10.1. The van der Waals surface area contributed by atoms with Crippen molar-refractivity contribution >= 4 is 0 Å². The molecule has 0 bridgehead atoms. The molecule has 1 N–H and O–H groups in total. The highest BCUT2D eigenvalue weighted by Crippen LogP contribution is 2.34. The predicted octanol–water partition coefficient (Wildman–Crippen LogP) is 4.07. The smallest absolute Gasteiger partial charge is 0.161 e. The minimum absolute atomic E-state index is 0.194. The van der Waals surface area contributed by atoms with Crippen LogP contribution in [0.4, 0.5) is 0 Å². The van der Waals surface area contributed by atoms with E-state index in [2.05, 4.69) is 23.0 Å². The lowest BCUT2D eigenvalue weighted by Gasteiger charge is -2.23. The van der Waals surface area contributed by atoms with E-state index < -0.39 is 0 Å². The molecule has 0 radical (unpaired) electrons. The molecule has 1 aliphatic rings. The summed E-state index contributed by atoms with van der Waals surface area (Å²) in [5, 5.41) is 14.1. The van der Waals surface area contributed by atoms with E-state index in [1.54, 1.807) is 6.07 Å². The van der Waals surface area contributed by atoms with Crippen LogP contribution in [0.2, 0.25) is 0 Å². The Kier molecular flexibility index (Phi) is 5.41. The molecule has 1 aromatic heterocycles. The zero-order valence-corrected chi connectivity index (χ0v) is 14.5. The van der Waals surface area contributed by atoms with Gasteiger partial charge in [0, 0.05) is 19.0 Å². The summed E-state index contributed by atoms with van der Waals surface area (Å²) in [5.41, 5.74) is 2.18. The first-order valence-corrected chi connectivity index (χ1v) is 8.85. The Balaban J connectivity index is 1.72. The van der Waals surface area contributed by atoms with Gasteiger partial charge in [-0.15, -0.1) is 0 Å². The van der Waals surface area contributed by atoms with Crippen LogP contribution in [0.25, 0.3) is 0 Å². The number of likely N-dealkylation sites (tertiary alicyclic amines) is 1. The van der Waals surface area contributed by atoms with Crippen LogP contribution in [0.1, 0.15) is 56.2 Å². The normalized spacial score (nSPS) is 18.2. The van der Waals surface area contributed by atoms with Crippen LogP contribution in [0.3, 0.4) is 0 Å². The molecular weight excluding hydrogens is 304 g/mol. The number of hydrogen-bond donors (Lipinski definition) is 1. The summed E-state index contributed by atoms with van der Waals surface area (Å²) in [7, 11) is 0. The minimum atomic E-state index is 0.194. The Morgan fingerprint density at radius 1 is 1.33 bits per heavy atom. The summed E-state index contributed by atoms with van der Waals surface area (Å²) in [5.74, 6) is 1.72. The molecule has 0 aliphatic carbocycles. The molecule has 1 atom stereocenters. The standard InChI is InChI=1S/C19H26N2O3/c1-3-6-15-12-16(20-24-15)17-7-5-10-21(17)13-14-8-9-18(22)19(11-14)23-4-2/h8-9,11-12,17,22H,3-7,10,13H2,1-2H3/t17-/m1/s1. The van der Waals surface area contributed by atoms with Gasteiger partial charge in [-0.3, -0.25) is 4.90 Å². The summed E-state index contributed by atoms with van der Waals surface area (Å²) in [6, 6.07) is 8.01. The average Bonchev–Trinajstić information content (AvgIpc) is 3.20. The van der Waals surface area contributed by atoms with E-state index in [0.717, 1.165) is 55.8 Å². The molecule has 1 aromatic carbocycles. The molecule has 1 aliphatic heterocycles. The molecule has 3 rings (SSSR count). The number of phenolic OH excluding ortho intramolecular Hbond substituents is 1. The van der Waals surface area contributed by atoms with Crippen LogP contribution < -0.4 is 4.74 Å². The summed E-state index contributed by atoms with van der Waals surface area (Å²) < 4.78 is 10.9. The number of aryl methyl sites for hydroxylation is 1. The average molecular weight is 330 g/mol. The monoisotopic (exact) mass is 330 g/mol. The van der Waals surface area contributed by atoms with Crippen LogP contribution in [-0.4, -0.2) is 28.3 Å². The molecule has 0 spiro atoms. The molecule has 1 saturated heterocycles. The van der Waals surface area contributed by atoms with Crippen molar-refractivity contribution in [2.45, 2.75) is 52.1 Å². The molecule has 0 amide bonds.